The number of carbonyl (C=O) groups is 1. The molecule has 0 radical (unpaired) electrons. The Morgan fingerprint density at radius 3 is 1.40 bits per heavy atom. The van der Waals surface area contributed by atoms with Crippen LogP contribution >= 0.6 is 0 Å². The van der Waals surface area contributed by atoms with Crippen molar-refractivity contribution in [2.75, 3.05) is 33.0 Å². The third-order valence-electron chi connectivity index (χ3n) is 6.86. The first-order valence-corrected chi connectivity index (χ1v) is 14.2. The lowest BCUT2D eigenvalue weighted by Gasteiger charge is -2.28. The van der Waals surface area contributed by atoms with Gasteiger partial charge in [0.15, 0.2) is 0 Å². The number of esters is 1. The van der Waals surface area contributed by atoms with Gasteiger partial charge in [0.2, 0.25) is 0 Å². The van der Waals surface area contributed by atoms with E-state index in [1.165, 1.54) is 6.92 Å². The molecule has 0 spiro atoms. The predicted octanol–water partition coefficient (Wildman–Crippen LogP) is 5.10. The predicted molar refractivity (Wildman–Crippen MR) is 169 cm³/mol. The number of aliphatic hydroxyl groups is 2. The summed E-state index contributed by atoms with van der Waals surface area (Å²) in [5, 5.41) is 50.4. The number of ether oxygens (including phenoxy) is 3. The Labute approximate surface area is 261 Å². The van der Waals surface area contributed by atoms with Crippen LogP contribution in [0, 0.1) is 0 Å². The molecular formula is C36H36O9. The van der Waals surface area contributed by atoms with E-state index in [0.717, 1.165) is 27.8 Å². The van der Waals surface area contributed by atoms with E-state index in [4.69, 9.17) is 19.3 Å². The molecule has 1 atom stereocenters. The molecule has 45 heavy (non-hydrogen) atoms. The maximum atomic E-state index is 12.5. The van der Waals surface area contributed by atoms with E-state index in [2.05, 4.69) is 6.58 Å². The molecule has 5 N–H and O–H groups in total. The van der Waals surface area contributed by atoms with E-state index in [-0.39, 0.29) is 61.4 Å². The van der Waals surface area contributed by atoms with Crippen LogP contribution in [-0.2, 0) is 24.8 Å². The van der Waals surface area contributed by atoms with Crippen molar-refractivity contribution in [3.8, 4) is 17.2 Å². The standard InChI is InChI=1S/C36H36O9/c1-24(2)35(41)45-36(42,23-44-22-21-43-20-19-37)29-11-3-25(4-12-29)33(26-5-13-30(38)14-6-26)34(27-7-15-31(39)16-8-27)28-9-17-32(40)18-10-28/h3-18,37-40,42H,1,19-23H2,2H3. The SMILES string of the molecule is C=C(C)C(=O)OC(O)(COCCOCCO)c1ccc(C(=C(c2ccc(O)cc2)c2ccc(O)cc2)c2ccc(O)cc2)cc1. The number of carbonyl (C=O) groups excluding carboxylic acids is 1. The first-order chi connectivity index (χ1) is 21.6. The Balaban J connectivity index is 1.84. The van der Waals surface area contributed by atoms with Gasteiger partial charge < -0.3 is 39.7 Å². The second kappa shape index (κ2) is 15.2. The third kappa shape index (κ3) is 8.59. The van der Waals surface area contributed by atoms with Crippen LogP contribution in [0.4, 0.5) is 0 Å². The van der Waals surface area contributed by atoms with Crippen LogP contribution in [0.1, 0.15) is 34.7 Å². The number of phenolic OH excluding ortho intramolecular Hbond substituents is 3. The molecule has 0 aromatic heterocycles. The van der Waals surface area contributed by atoms with E-state index in [1.807, 2.05) is 0 Å². The van der Waals surface area contributed by atoms with E-state index >= 15 is 0 Å². The molecule has 0 aliphatic rings. The van der Waals surface area contributed by atoms with Crippen molar-refractivity contribution < 1.29 is 44.5 Å². The first-order valence-electron chi connectivity index (χ1n) is 14.2. The van der Waals surface area contributed by atoms with Gasteiger partial charge in [0.25, 0.3) is 5.79 Å². The normalized spacial score (nSPS) is 12.2. The summed E-state index contributed by atoms with van der Waals surface area (Å²) in [5.41, 5.74) is 4.88. The van der Waals surface area contributed by atoms with Crippen LogP contribution in [-0.4, -0.2) is 64.5 Å². The van der Waals surface area contributed by atoms with Gasteiger partial charge in [0.1, 0.15) is 23.9 Å². The lowest BCUT2D eigenvalue weighted by molar-refractivity contribution is -0.233. The van der Waals surface area contributed by atoms with Crippen LogP contribution in [0.15, 0.2) is 109 Å². The highest BCUT2D eigenvalue weighted by Crippen LogP contribution is 2.39. The summed E-state index contributed by atoms with van der Waals surface area (Å²) in [6, 6.07) is 26.9. The van der Waals surface area contributed by atoms with E-state index in [9.17, 15) is 25.2 Å². The number of aromatic hydroxyl groups is 3. The third-order valence-corrected chi connectivity index (χ3v) is 6.86. The van der Waals surface area contributed by atoms with Crippen LogP contribution in [0.5, 0.6) is 17.2 Å². The molecule has 1 unspecified atom stereocenters. The fourth-order valence-corrected chi connectivity index (χ4v) is 4.60. The van der Waals surface area contributed by atoms with Gasteiger partial charge in [-0.3, -0.25) is 0 Å². The van der Waals surface area contributed by atoms with E-state index in [0.29, 0.717) is 5.56 Å². The second-order valence-electron chi connectivity index (χ2n) is 10.3. The van der Waals surface area contributed by atoms with Gasteiger partial charge in [0, 0.05) is 11.1 Å². The highest BCUT2D eigenvalue weighted by Gasteiger charge is 2.35. The molecule has 0 bridgehead atoms. The number of aliphatic hydroxyl groups excluding tert-OH is 1. The Morgan fingerprint density at radius 2 is 1.02 bits per heavy atom. The van der Waals surface area contributed by atoms with Crippen LogP contribution in [0.3, 0.4) is 0 Å². The van der Waals surface area contributed by atoms with Crippen LogP contribution in [0.2, 0.25) is 0 Å². The molecule has 0 saturated heterocycles. The quantitative estimate of drug-likeness (QED) is 0.0432. The summed E-state index contributed by atoms with van der Waals surface area (Å²) in [6.45, 7) is 4.95. The Bertz CT molecular complexity index is 1560. The minimum Gasteiger partial charge on any atom is -0.508 e. The van der Waals surface area contributed by atoms with Crippen LogP contribution in [0.25, 0.3) is 11.1 Å². The lowest BCUT2D eigenvalue weighted by Crippen LogP contribution is -2.37. The first kappa shape index (κ1) is 33.0. The molecule has 0 heterocycles. The number of benzene rings is 4. The fraction of sp³-hybridized carbons (Fsp3) is 0.194. The Morgan fingerprint density at radius 1 is 0.644 bits per heavy atom. The average Bonchev–Trinajstić information content (AvgIpc) is 3.03. The van der Waals surface area contributed by atoms with E-state index < -0.39 is 11.8 Å². The molecule has 234 valence electrons. The lowest BCUT2D eigenvalue weighted by atomic mass is 9.85. The highest BCUT2D eigenvalue weighted by atomic mass is 16.7. The van der Waals surface area contributed by atoms with Gasteiger partial charge in [-0.2, -0.15) is 0 Å². The van der Waals surface area contributed by atoms with Gasteiger partial charge in [-0.25, -0.2) is 4.79 Å². The fourth-order valence-electron chi connectivity index (χ4n) is 4.60. The minimum absolute atomic E-state index is 0.0847. The summed E-state index contributed by atoms with van der Waals surface area (Å²) in [5.74, 6) is -2.65. The number of hydrogen-bond donors (Lipinski definition) is 5. The van der Waals surface area contributed by atoms with Crippen molar-refractivity contribution in [3.63, 3.8) is 0 Å². The Kier molecular flexibility index (Phi) is 11.1. The van der Waals surface area contributed by atoms with Gasteiger partial charge in [-0.05, 0) is 76.7 Å². The summed E-state index contributed by atoms with van der Waals surface area (Å²) in [4.78, 5) is 12.5. The Hall–Kier alpha value is -4.93. The smallest absolute Gasteiger partial charge is 0.335 e. The highest BCUT2D eigenvalue weighted by molar-refractivity contribution is 6.04. The maximum Gasteiger partial charge on any atom is 0.335 e. The molecule has 0 saturated carbocycles. The number of phenols is 3. The van der Waals surface area contributed by atoms with E-state index in [1.54, 1.807) is 97.1 Å². The zero-order valence-corrected chi connectivity index (χ0v) is 24.8. The molecule has 0 aliphatic heterocycles. The molecule has 4 rings (SSSR count). The molecule has 4 aromatic rings. The monoisotopic (exact) mass is 612 g/mol. The molecular weight excluding hydrogens is 576 g/mol. The number of rotatable bonds is 14. The molecule has 0 amide bonds. The topological polar surface area (TPSA) is 146 Å². The average molecular weight is 613 g/mol. The van der Waals surface area contributed by atoms with Crippen molar-refractivity contribution in [1.82, 2.24) is 0 Å². The van der Waals surface area contributed by atoms with Crippen molar-refractivity contribution in [3.05, 3.63) is 137 Å². The van der Waals surface area contributed by atoms with Crippen molar-refractivity contribution in [1.29, 1.82) is 0 Å². The summed E-state index contributed by atoms with van der Waals surface area (Å²) in [6.07, 6.45) is 0. The van der Waals surface area contributed by atoms with Gasteiger partial charge in [-0.1, -0.05) is 67.2 Å². The molecule has 9 nitrogen and oxygen atoms in total. The van der Waals surface area contributed by atoms with Gasteiger partial charge in [-0.15, -0.1) is 0 Å². The van der Waals surface area contributed by atoms with Gasteiger partial charge in [0.05, 0.1) is 26.4 Å². The number of hydrogen-bond acceptors (Lipinski definition) is 9. The minimum atomic E-state index is -2.15. The molecule has 0 aliphatic carbocycles. The van der Waals surface area contributed by atoms with Crippen molar-refractivity contribution >= 4 is 17.1 Å². The summed E-state index contributed by atoms with van der Waals surface area (Å²) < 4.78 is 16.2. The second-order valence-corrected chi connectivity index (χ2v) is 10.3. The molecule has 0 fully saturated rings. The van der Waals surface area contributed by atoms with Crippen molar-refractivity contribution in [2.24, 2.45) is 0 Å². The summed E-state index contributed by atoms with van der Waals surface area (Å²) in [7, 11) is 0. The van der Waals surface area contributed by atoms with Gasteiger partial charge >= 0.3 is 5.97 Å². The summed E-state index contributed by atoms with van der Waals surface area (Å²) >= 11 is 0. The zero-order valence-electron chi connectivity index (χ0n) is 24.8. The zero-order chi connectivity index (χ0) is 32.4. The molecule has 4 aromatic carbocycles. The van der Waals surface area contributed by atoms with Crippen molar-refractivity contribution in [2.45, 2.75) is 12.7 Å². The largest absolute Gasteiger partial charge is 0.508 e. The van der Waals surface area contributed by atoms with Crippen LogP contribution < -0.4 is 0 Å². The maximum absolute atomic E-state index is 12.5. The molecule has 9 heteroatoms.